The van der Waals surface area contributed by atoms with E-state index in [1.165, 1.54) is 0 Å². The van der Waals surface area contributed by atoms with Gasteiger partial charge >= 0.3 is 0 Å². The number of benzene rings is 1. The van der Waals surface area contributed by atoms with Crippen molar-refractivity contribution in [1.82, 2.24) is 5.32 Å². The number of rotatable bonds is 2. The highest BCUT2D eigenvalue weighted by Gasteiger charge is 2.31. The van der Waals surface area contributed by atoms with Crippen molar-refractivity contribution in [3.63, 3.8) is 0 Å². The molecule has 0 radical (unpaired) electrons. The molecule has 1 amide bonds. The minimum atomic E-state index is -0.305. The van der Waals surface area contributed by atoms with Crippen LogP contribution in [0.2, 0.25) is 0 Å². The summed E-state index contributed by atoms with van der Waals surface area (Å²) in [5.74, 6) is 0.0142. The molecule has 0 aromatic heterocycles. The number of amides is 1. The Morgan fingerprint density at radius 2 is 2.00 bits per heavy atom. The molecule has 0 saturated heterocycles. The fourth-order valence-corrected chi connectivity index (χ4v) is 2.06. The second-order valence-electron chi connectivity index (χ2n) is 4.21. The van der Waals surface area contributed by atoms with E-state index in [1.807, 2.05) is 31.2 Å². The molecule has 1 aliphatic heterocycles. The Balaban J connectivity index is 2.34. The molecule has 1 atom stereocenters. The minimum absolute atomic E-state index is 0.0142. The average Bonchev–Trinajstić information content (AvgIpc) is 2.17. The van der Waals surface area contributed by atoms with Gasteiger partial charge in [-0.3, -0.25) is 4.79 Å². The van der Waals surface area contributed by atoms with E-state index < -0.39 is 0 Å². The average molecular weight is 204 g/mol. The van der Waals surface area contributed by atoms with Gasteiger partial charge in [-0.05, 0) is 25.5 Å². The zero-order chi connectivity index (χ0) is 10.9. The van der Waals surface area contributed by atoms with Crippen molar-refractivity contribution >= 4 is 11.6 Å². The quantitative estimate of drug-likeness (QED) is 0.776. The zero-order valence-corrected chi connectivity index (χ0v) is 9.13. The van der Waals surface area contributed by atoms with Crippen LogP contribution in [0.15, 0.2) is 24.3 Å². The summed E-state index contributed by atoms with van der Waals surface area (Å²) in [6.07, 6.45) is 1.96. The summed E-state index contributed by atoms with van der Waals surface area (Å²) in [5.41, 5.74) is 1.35. The smallest absolute Gasteiger partial charge is 0.255 e. The molecule has 2 rings (SSSR count). The molecule has 15 heavy (non-hydrogen) atoms. The van der Waals surface area contributed by atoms with E-state index in [0.29, 0.717) is 0 Å². The van der Waals surface area contributed by atoms with Crippen molar-refractivity contribution in [1.29, 1.82) is 0 Å². The number of carbonyl (C=O) groups excluding carboxylic acids is 1. The van der Waals surface area contributed by atoms with Crippen molar-refractivity contribution in [3.8, 4) is 0 Å². The lowest BCUT2D eigenvalue weighted by molar-refractivity contribution is 0.0903. The lowest BCUT2D eigenvalue weighted by atomic mass is 10.00. The van der Waals surface area contributed by atoms with Gasteiger partial charge in [0.25, 0.3) is 5.91 Å². The van der Waals surface area contributed by atoms with Gasteiger partial charge in [0, 0.05) is 5.69 Å². The molecular weight excluding hydrogens is 188 g/mol. The monoisotopic (exact) mass is 204 g/mol. The van der Waals surface area contributed by atoms with Gasteiger partial charge in [0.1, 0.15) is 5.66 Å². The third-order valence-corrected chi connectivity index (χ3v) is 2.72. The summed E-state index contributed by atoms with van der Waals surface area (Å²) in [4.78, 5) is 11.8. The molecule has 3 nitrogen and oxygen atoms in total. The molecule has 0 spiro atoms. The molecule has 0 aliphatic carbocycles. The van der Waals surface area contributed by atoms with Gasteiger partial charge in [-0.25, -0.2) is 0 Å². The molecule has 1 aromatic rings. The fourth-order valence-electron chi connectivity index (χ4n) is 2.06. The van der Waals surface area contributed by atoms with Crippen LogP contribution in [0.1, 0.15) is 37.0 Å². The van der Waals surface area contributed by atoms with E-state index in [9.17, 15) is 4.79 Å². The van der Waals surface area contributed by atoms with Gasteiger partial charge in [-0.15, -0.1) is 0 Å². The predicted molar refractivity (Wildman–Crippen MR) is 60.8 cm³/mol. The first-order valence-corrected chi connectivity index (χ1v) is 5.34. The third-order valence-electron chi connectivity index (χ3n) is 2.72. The van der Waals surface area contributed by atoms with E-state index in [-0.39, 0.29) is 11.6 Å². The summed E-state index contributed by atoms with van der Waals surface area (Å²) in [6, 6.07) is 7.60. The first kappa shape index (κ1) is 10.0. The lowest BCUT2D eigenvalue weighted by Gasteiger charge is -2.37. The van der Waals surface area contributed by atoms with Gasteiger partial charge in [-0.2, -0.15) is 0 Å². The van der Waals surface area contributed by atoms with E-state index in [4.69, 9.17) is 0 Å². The van der Waals surface area contributed by atoms with Crippen molar-refractivity contribution in [2.75, 3.05) is 5.32 Å². The van der Waals surface area contributed by atoms with Crippen LogP contribution in [0.5, 0.6) is 0 Å². The molecule has 2 N–H and O–H groups in total. The number of carbonyl (C=O) groups is 1. The molecule has 0 fully saturated rings. The highest BCUT2D eigenvalue weighted by molar-refractivity contribution is 6.02. The van der Waals surface area contributed by atoms with Crippen LogP contribution < -0.4 is 10.6 Å². The van der Waals surface area contributed by atoms with Crippen molar-refractivity contribution in [2.24, 2.45) is 0 Å². The maximum atomic E-state index is 11.8. The summed E-state index contributed by atoms with van der Waals surface area (Å²) in [5, 5.41) is 6.37. The number of hydrogen-bond donors (Lipinski definition) is 2. The summed E-state index contributed by atoms with van der Waals surface area (Å²) < 4.78 is 0. The SMILES string of the molecule is CCCC1(C)NC(=O)c2ccccc2N1. The number of para-hydroxylation sites is 1. The maximum absolute atomic E-state index is 11.8. The largest absolute Gasteiger partial charge is 0.362 e. The minimum Gasteiger partial charge on any atom is -0.362 e. The molecule has 1 aliphatic rings. The normalized spacial score (nSPS) is 24.0. The van der Waals surface area contributed by atoms with Crippen LogP contribution in [-0.4, -0.2) is 11.6 Å². The zero-order valence-electron chi connectivity index (χ0n) is 9.13. The van der Waals surface area contributed by atoms with Crippen LogP contribution in [0.25, 0.3) is 0 Å². The Labute approximate surface area is 89.9 Å². The second-order valence-corrected chi connectivity index (χ2v) is 4.21. The molecule has 1 heterocycles. The molecule has 3 heteroatoms. The van der Waals surface area contributed by atoms with Crippen molar-refractivity contribution < 1.29 is 4.79 Å². The molecule has 0 bridgehead atoms. The Morgan fingerprint density at radius 1 is 1.27 bits per heavy atom. The number of hydrogen-bond acceptors (Lipinski definition) is 2. The lowest BCUT2D eigenvalue weighted by Crippen LogP contribution is -2.55. The number of fused-ring (bicyclic) bond motifs is 1. The number of anilines is 1. The van der Waals surface area contributed by atoms with Crippen LogP contribution in [0, 0.1) is 0 Å². The molecular formula is C12H16N2O. The van der Waals surface area contributed by atoms with E-state index in [1.54, 1.807) is 0 Å². The van der Waals surface area contributed by atoms with Gasteiger partial charge < -0.3 is 10.6 Å². The topological polar surface area (TPSA) is 41.1 Å². The highest BCUT2D eigenvalue weighted by atomic mass is 16.2. The second kappa shape index (κ2) is 3.57. The van der Waals surface area contributed by atoms with Crippen LogP contribution >= 0.6 is 0 Å². The van der Waals surface area contributed by atoms with Crippen LogP contribution in [0.4, 0.5) is 5.69 Å². The van der Waals surface area contributed by atoms with Gasteiger partial charge in [0.15, 0.2) is 0 Å². The van der Waals surface area contributed by atoms with Crippen molar-refractivity contribution in [2.45, 2.75) is 32.4 Å². The molecule has 80 valence electrons. The van der Waals surface area contributed by atoms with Crippen LogP contribution in [0.3, 0.4) is 0 Å². The Kier molecular flexibility index (Phi) is 2.39. The van der Waals surface area contributed by atoms with Crippen LogP contribution in [-0.2, 0) is 0 Å². The maximum Gasteiger partial charge on any atom is 0.255 e. The van der Waals surface area contributed by atoms with E-state index in [0.717, 1.165) is 24.1 Å². The summed E-state index contributed by atoms with van der Waals surface area (Å²) in [6.45, 7) is 4.13. The Bertz CT molecular complexity index is 389. The molecule has 0 saturated carbocycles. The van der Waals surface area contributed by atoms with Crippen molar-refractivity contribution in [3.05, 3.63) is 29.8 Å². The Hall–Kier alpha value is -1.51. The van der Waals surface area contributed by atoms with Gasteiger partial charge in [0.05, 0.1) is 5.56 Å². The summed E-state index contributed by atoms with van der Waals surface area (Å²) in [7, 11) is 0. The van der Waals surface area contributed by atoms with E-state index in [2.05, 4.69) is 17.6 Å². The van der Waals surface area contributed by atoms with E-state index >= 15 is 0 Å². The van der Waals surface area contributed by atoms with Gasteiger partial charge in [-0.1, -0.05) is 25.5 Å². The third kappa shape index (κ3) is 1.82. The fraction of sp³-hybridized carbons (Fsp3) is 0.417. The first-order valence-electron chi connectivity index (χ1n) is 5.34. The highest BCUT2D eigenvalue weighted by Crippen LogP contribution is 2.26. The predicted octanol–water partition coefficient (Wildman–Crippen LogP) is 2.36. The molecule has 1 aromatic carbocycles. The molecule has 1 unspecified atom stereocenters. The van der Waals surface area contributed by atoms with Gasteiger partial charge in [0.2, 0.25) is 0 Å². The Morgan fingerprint density at radius 3 is 2.73 bits per heavy atom. The summed E-state index contributed by atoms with van der Waals surface area (Å²) >= 11 is 0. The standard InChI is InChI=1S/C12H16N2O/c1-3-8-12(2)13-10-7-5-4-6-9(10)11(15)14-12/h4-7,13H,3,8H2,1-2H3,(H,14,15). The number of nitrogens with one attached hydrogen (secondary N) is 2. The first-order chi connectivity index (χ1) is 7.14.